The highest BCUT2D eigenvalue weighted by Crippen LogP contribution is 2.09. The Hall–Kier alpha value is -0.130. The predicted octanol–water partition coefficient (Wildman–Crippen LogP) is 2.77. The Labute approximate surface area is 93.0 Å². The van der Waals surface area contributed by atoms with Crippen LogP contribution >= 0.6 is 22.6 Å². The fourth-order valence-electron chi connectivity index (χ4n) is 1.22. The van der Waals surface area contributed by atoms with Gasteiger partial charge in [0.1, 0.15) is 3.70 Å². The van der Waals surface area contributed by atoms with Crippen LogP contribution in [0, 0.1) is 10.6 Å². The summed E-state index contributed by atoms with van der Waals surface area (Å²) in [7, 11) is 0. The summed E-state index contributed by atoms with van der Waals surface area (Å²) in [5, 5.41) is 8.09. The maximum absolute atomic E-state index is 4.07. The van der Waals surface area contributed by atoms with E-state index in [0.717, 1.165) is 12.2 Å². The SMILES string of the molecule is CCCCCCn1nnc(C)c1I. The first-order valence-corrected chi connectivity index (χ1v) is 5.89. The molecule has 3 nitrogen and oxygen atoms in total. The highest BCUT2D eigenvalue weighted by Gasteiger charge is 2.03. The molecule has 0 amide bonds. The van der Waals surface area contributed by atoms with E-state index >= 15 is 0 Å². The minimum atomic E-state index is 1.01. The second-order valence-corrected chi connectivity index (χ2v) is 4.27. The van der Waals surface area contributed by atoms with Gasteiger partial charge in [-0.05, 0) is 35.9 Å². The van der Waals surface area contributed by atoms with Crippen molar-refractivity contribution in [3.05, 3.63) is 9.39 Å². The summed E-state index contributed by atoms with van der Waals surface area (Å²) in [5.41, 5.74) is 1.04. The van der Waals surface area contributed by atoms with Crippen LogP contribution in [0.2, 0.25) is 0 Å². The van der Waals surface area contributed by atoms with Crippen molar-refractivity contribution in [2.24, 2.45) is 0 Å². The minimum Gasteiger partial charge on any atom is -0.239 e. The predicted molar refractivity (Wildman–Crippen MR) is 61.6 cm³/mol. The average molecular weight is 293 g/mol. The molecule has 0 saturated heterocycles. The molecule has 0 atom stereocenters. The first-order chi connectivity index (χ1) is 6.25. The number of aryl methyl sites for hydroxylation is 2. The van der Waals surface area contributed by atoms with Crippen LogP contribution < -0.4 is 0 Å². The van der Waals surface area contributed by atoms with Gasteiger partial charge >= 0.3 is 0 Å². The van der Waals surface area contributed by atoms with Crippen LogP contribution in [0.4, 0.5) is 0 Å². The van der Waals surface area contributed by atoms with E-state index in [1.165, 1.54) is 29.4 Å². The van der Waals surface area contributed by atoms with Crippen molar-refractivity contribution in [1.29, 1.82) is 0 Å². The molecule has 0 aliphatic carbocycles. The standard InChI is InChI=1S/C9H16IN3/c1-3-4-5-6-7-13-9(10)8(2)11-12-13/h3-7H2,1-2H3. The van der Waals surface area contributed by atoms with E-state index in [9.17, 15) is 0 Å². The van der Waals surface area contributed by atoms with Crippen molar-refractivity contribution < 1.29 is 0 Å². The molecule has 1 aromatic heterocycles. The Morgan fingerprint density at radius 3 is 2.62 bits per heavy atom. The monoisotopic (exact) mass is 293 g/mol. The van der Waals surface area contributed by atoms with E-state index in [0.29, 0.717) is 0 Å². The fourth-order valence-corrected chi connectivity index (χ4v) is 1.67. The van der Waals surface area contributed by atoms with E-state index < -0.39 is 0 Å². The van der Waals surface area contributed by atoms with Crippen LogP contribution in [0.25, 0.3) is 0 Å². The zero-order chi connectivity index (χ0) is 9.68. The largest absolute Gasteiger partial charge is 0.239 e. The number of aromatic nitrogens is 3. The van der Waals surface area contributed by atoms with Crippen LogP contribution in [-0.4, -0.2) is 15.0 Å². The molecule has 13 heavy (non-hydrogen) atoms. The van der Waals surface area contributed by atoms with Crippen molar-refractivity contribution in [2.75, 3.05) is 0 Å². The molecule has 0 fully saturated rings. The lowest BCUT2D eigenvalue weighted by molar-refractivity contribution is 0.520. The molecule has 0 aliphatic rings. The molecular formula is C9H16IN3. The van der Waals surface area contributed by atoms with E-state index in [2.05, 4.69) is 39.8 Å². The average Bonchev–Trinajstić information content (AvgIpc) is 2.43. The summed E-state index contributed by atoms with van der Waals surface area (Å²) in [4.78, 5) is 0. The molecule has 0 spiro atoms. The summed E-state index contributed by atoms with van der Waals surface area (Å²) < 4.78 is 3.17. The smallest absolute Gasteiger partial charge is 0.122 e. The van der Waals surface area contributed by atoms with Crippen LogP contribution in [0.5, 0.6) is 0 Å². The Morgan fingerprint density at radius 1 is 1.31 bits per heavy atom. The van der Waals surface area contributed by atoms with Gasteiger partial charge in [-0.3, -0.25) is 0 Å². The van der Waals surface area contributed by atoms with Gasteiger partial charge in [-0.1, -0.05) is 31.4 Å². The maximum atomic E-state index is 4.07. The second kappa shape index (κ2) is 5.57. The van der Waals surface area contributed by atoms with Gasteiger partial charge in [0.05, 0.1) is 5.69 Å². The van der Waals surface area contributed by atoms with Gasteiger partial charge in [-0.15, -0.1) is 5.10 Å². The van der Waals surface area contributed by atoms with Gasteiger partial charge in [0.25, 0.3) is 0 Å². The van der Waals surface area contributed by atoms with E-state index in [-0.39, 0.29) is 0 Å². The van der Waals surface area contributed by atoms with Gasteiger partial charge in [0.15, 0.2) is 0 Å². The van der Waals surface area contributed by atoms with Gasteiger partial charge in [-0.25, -0.2) is 4.68 Å². The topological polar surface area (TPSA) is 30.7 Å². The number of halogens is 1. The molecular weight excluding hydrogens is 277 g/mol. The highest BCUT2D eigenvalue weighted by molar-refractivity contribution is 14.1. The third kappa shape index (κ3) is 3.25. The molecule has 0 saturated carbocycles. The van der Waals surface area contributed by atoms with E-state index in [1.54, 1.807) is 0 Å². The third-order valence-corrected chi connectivity index (χ3v) is 3.39. The van der Waals surface area contributed by atoms with Gasteiger partial charge in [0, 0.05) is 6.54 Å². The number of hydrogen-bond donors (Lipinski definition) is 0. The fraction of sp³-hybridized carbons (Fsp3) is 0.778. The summed E-state index contributed by atoms with van der Waals surface area (Å²) in [6.07, 6.45) is 5.12. The lowest BCUT2D eigenvalue weighted by atomic mass is 10.2. The van der Waals surface area contributed by atoms with Crippen molar-refractivity contribution in [3.8, 4) is 0 Å². The lowest BCUT2D eigenvalue weighted by Crippen LogP contribution is -2.02. The molecule has 74 valence electrons. The second-order valence-electron chi connectivity index (χ2n) is 3.25. The maximum Gasteiger partial charge on any atom is 0.122 e. The number of hydrogen-bond acceptors (Lipinski definition) is 2. The Kier molecular flexibility index (Phi) is 4.69. The normalized spacial score (nSPS) is 10.7. The first-order valence-electron chi connectivity index (χ1n) is 4.81. The summed E-state index contributed by atoms with van der Waals surface area (Å²) in [5.74, 6) is 0. The number of unbranched alkanes of at least 4 members (excludes halogenated alkanes) is 3. The molecule has 4 heteroatoms. The van der Waals surface area contributed by atoms with Crippen molar-refractivity contribution >= 4 is 22.6 Å². The molecule has 1 rings (SSSR count). The minimum absolute atomic E-state index is 1.01. The highest BCUT2D eigenvalue weighted by atomic mass is 127. The van der Waals surface area contributed by atoms with Gasteiger partial charge in [0.2, 0.25) is 0 Å². The van der Waals surface area contributed by atoms with Crippen LogP contribution in [-0.2, 0) is 6.54 Å². The lowest BCUT2D eigenvalue weighted by Gasteiger charge is -2.01. The summed E-state index contributed by atoms with van der Waals surface area (Å²) >= 11 is 2.30. The number of rotatable bonds is 5. The van der Waals surface area contributed by atoms with Gasteiger partial charge < -0.3 is 0 Å². The first kappa shape index (κ1) is 10.9. The molecule has 1 heterocycles. The molecule has 0 N–H and O–H groups in total. The van der Waals surface area contributed by atoms with Crippen molar-refractivity contribution in [1.82, 2.24) is 15.0 Å². The Bertz CT molecular complexity index is 257. The van der Waals surface area contributed by atoms with Crippen molar-refractivity contribution in [3.63, 3.8) is 0 Å². The van der Waals surface area contributed by atoms with Gasteiger partial charge in [-0.2, -0.15) is 0 Å². The number of nitrogens with zero attached hydrogens (tertiary/aromatic N) is 3. The molecule has 1 aromatic rings. The molecule has 0 radical (unpaired) electrons. The van der Waals surface area contributed by atoms with E-state index in [4.69, 9.17) is 0 Å². The molecule has 0 aromatic carbocycles. The molecule has 0 unspecified atom stereocenters. The summed E-state index contributed by atoms with van der Waals surface area (Å²) in [6, 6.07) is 0. The zero-order valence-corrected chi connectivity index (χ0v) is 10.4. The Morgan fingerprint density at radius 2 is 2.08 bits per heavy atom. The quantitative estimate of drug-likeness (QED) is 0.617. The molecule has 0 bridgehead atoms. The summed E-state index contributed by atoms with van der Waals surface area (Å²) in [6.45, 7) is 5.24. The van der Waals surface area contributed by atoms with Crippen LogP contribution in [0.3, 0.4) is 0 Å². The third-order valence-electron chi connectivity index (χ3n) is 2.05. The Balaban J connectivity index is 2.32. The zero-order valence-electron chi connectivity index (χ0n) is 8.26. The molecule has 0 aliphatic heterocycles. The van der Waals surface area contributed by atoms with Crippen LogP contribution in [0.15, 0.2) is 0 Å². The van der Waals surface area contributed by atoms with Crippen LogP contribution in [0.1, 0.15) is 38.3 Å². The van der Waals surface area contributed by atoms with E-state index in [1.807, 2.05) is 11.6 Å². The van der Waals surface area contributed by atoms with Crippen molar-refractivity contribution in [2.45, 2.75) is 46.1 Å².